The highest BCUT2D eigenvalue weighted by Gasteiger charge is 2.53. The highest BCUT2D eigenvalue weighted by Crippen LogP contribution is 2.66. The van der Waals surface area contributed by atoms with Gasteiger partial charge in [-0.3, -0.25) is 0 Å². The van der Waals surface area contributed by atoms with Gasteiger partial charge in [0.05, 0.1) is 22.5 Å². The maximum atomic E-state index is 2.85. The van der Waals surface area contributed by atoms with E-state index < -0.39 is 5.41 Å². The Morgan fingerprint density at radius 2 is 0.681 bits per heavy atom. The number of hydrogen-bond acceptors (Lipinski definition) is 1. The van der Waals surface area contributed by atoms with Gasteiger partial charge in [-0.25, -0.2) is 0 Å². The average Bonchev–Trinajstić information content (AvgIpc) is 3.78. The first-order valence-electron chi connectivity index (χ1n) is 26.3. The van der Waals surface area contributed by atoms with Crippen LogP contribution in [0.15, 0.2) is 133 Å². The van der Waals surface area contributed by atoms with Crippen molar-refractivity contribution in [1.82, 2.24) is 0 Å². The van der Waals surface area contributed by atoms with Crippen molar-refractivity contribution >= 4 is 17.1 Å². The maximum absolute atomic E-state index is 2.85. The van der Waals surface area contributed by atoms with Crippen LogP contribution in [0.2, 0.25) is 0 Å². The molecule has 350 valence electrons. The Morgan fingerprint density at radius 3 is 1.14 bits per heavy atom. The molecule has 1 nitrogen and oxygen atoms in total. The summed E-state index contributed by atoms with van der Waals surface area (Å²) < 4.78 is 0. The zero-order valence-corrected chi connectivity index (χ0v) is 43.9. The lowest BCUT2D eigenvalue weighted by Gasteiger charge is -2.48. The molecule has 0 aliphatic heterocycles. The van der Waals surface area contributed by atoms with E-state index in [1.54, 1.807) is 0 Å². The molecule has 1 heteroatoms. The molecule has 0 atom stereocenters. The molecule has 0 saturated carbocycles. The molecular formula is C68H73N. The van der Waals surface area contributed by atoms with Gasteiger partial charge in [-0.05, 0) is 191 Å². The molecule has 0 bridgehead atoms. The third-order valence-corrected chi connectivity index (χ3v) is 18.9. The minimum Gasteiger partial charge on any atom is -0.309 e. The van der Waals surface area contributed by atoms with Crippen LogP contribution in [0.3, 0.4) is 0 Å². The summed E-state index contributed by atoms with van der Waals surface area (Å²) >= 11 is 0. The van der Waals surface area contributed by atoms with E-state index >= 15 is 0 Å². The van der Waals surface area contributed by atoms with Gasteiger partial charge in [0.15, 0.2) is 0 Å². The van der Waals surface area contributed by atoms with Crippen molar-refractivity contribution in [3.05, 3.63) is 195 Å². The number of nitrogens with zero attached hydrogens (tertiary/aromatic N) is 1. The van der Waals surface area contributed by atoms with Crippen LogP contribution >= 0.6 is 0 Å². The molecular weight excluding hydrogens is 831 g/mol. The predicted octanol–water partition coefficient (Wildman–Crippen LogP) is 18.5. The van der Waals surface area contributed by atoms with E-state index in [1.165, 1.54) is 131 Å². The molecule has 69 heavy (non-hydrogen) atoms. The molecule has 0 fully saturated rings. The van der Waals surface area contributed by atoms with Crippen molar-refractivity contribution in [3.8, 4) is 33.4 Å². The smallest absolute Gasteiger partial charge is 0.0726 e. The van der Waals surface area contributed by atoms with Crippen LogP contribution in [0.1, 0.15) is 183 Å². The number of rotatable bonds is 4. The van der Waals surface area contributed by atoms with Gasteiger partial charge < -0.3 is 4.90 Å². The quantitative estimate of drug-likeness (QED) is 0.170. The van der Waals surface area contributed by atoms with E-state index in [0.29, 0.717) is 0 Å². The molecule has 0 unspecified atom stereocenters. The first kappa shape index (κ1) is 44.5. The number of aryl methyl sites for hydroxylation is 1. The fraction of sp³-hybridized carbons (Fsp3) is 0.382. The van der Waals surface area contributed by atoms with Gasteiger partial charge in [-0.1, -0.05) is 192 Å². The fourth-order valence-electron chi connectivity index (χ4n) is 14.9. The molecule has 12 rings (SSSR count). The van der Waals surface area contributed by atoms with Crippen molar-refractivity contribution in [2.45, 2.75) is 166 Å². The van der Waals surface area contributed by atoms with Crippen LogP contribution in [0.4, 0.5) is 17.1 Å². The SMILES string of the molecule is Cc1ccc2c(c1-c1cc3c(cc1N(c1cccc4c1C(C)(C)CCC4(C)C)c1cccc4c1C(C)(C)CCC4(C)C)C1(c4ccccc4-c4ccccc41)c1ccccc1-3)C(C)(C)CCC2(C)C. The molecule has 0 amide bonds. The maximum Gasteiger partial charge on any atom is 0.0726 e. The molecule has 0 heterocycles. The Morgan fingerprint density at radius 1 is 0.304 bits per heavy atom. The summed E-state index contributed by atoms with van der Waals surface area (Å²) in [5.74, 6) is 0. The van der Waals surface area contributed by atoms with Crippen molar-refractivity contribution in [3.63, 3.8) is 0 Å². The van der Waals surface area contributed by atoms with E-state index in [-0.39, 0.29) is 32.5 Å². The standard InChI is InChI=1S/C68H73N/c1-42-32-33-53-61(67(12,13)39-36-64(53,6)7)58(42)47-40-46-45-24-16-19-27-50(45)68(48-25-17-14-22-43(48)44-23-15-18-26-49(44)68)54(46)41-57(47)69(55-30-20-28-51-59(55)65(8,9)37-34-62(51,2)3)56-31-21-29-52-60(56)66(10,11)38-35-63(52,4)5/h14-33,40-41H,34-39H2,1-13H3. The van der Waals surface area contributed by atoms with Crippen molar-refractivity contribution in [1.29, 1.82) is 0 Å². The Kier molecular flexibility index (Phi) is 9.34. The van der Waals surface area contributed by atoms with Crippen molar-refractivity contribution in [2.24, 2.45) is 0 Å². The minimum atomic E-state index is -0.487. The summed E-state index contributed by atoms with van der Waals surface area (Å²) in [6, 6.07) is 53.2. The van der Waals surface area contributed by atoms with Gasteiger partial charge in [0.2, 0.25) is 0 Å². The zero-order chi connectivity index (χ0) is 48.4. The molecule has 7 aromatic rings. The molecule has 0 N–H and O–H groups in total. The lowest BCUT2D eigenvalue weighted by Crippen LogP contribution is -2.37. The summed E-state index contributed by atoms with van der Waals surface area (Å²) in [4.78, 5) is 2.85. The van der Waals surface area contributed by atoms with Crippen LogP contribution in [-0.2, 0) is 37.9 Å². The summed E-state index contributed by atoms with van der Waals surface area (Å²) in [7, 11) is 0. The van der Waals surface area contributed by atoms with E-state index in [1.807, 2.05) is 0 Å². The Balaban J connectivity index is 1.31. The van der Waals surface area contributed by atoms with Crippen LogP contribution in [0.5, 0.6) is 0 Å². The molecule has 7 aromatic carbocycles. The van der Waals surface area contributed by atoms with Gasteiger partial charge >= 0.3 is 0 Å². The second-order valence-electron chi connectivity index (χ2n) is 26.0. The average molecular weight is 904 g/mol. The summed E-state index contributed by atoms with van der Waals surface area (Å²) in [5, 5.41) is 0. The fourth-order valence-corrected chi connectivity index (χ4v) is 14.9. The number of benzene rings is 7. The van der Waals surface area contributed by atoms with Crippen LogP contribution in [0.25, 0.3) is 33.4 Å². The molecule has 0 aromatic heterocycles. The Bertz CT molecular complexity index is 3180. The minimum absolute atomic E-state index is 0.0222. The first-order chi connectivity index (χ1) is 32.6. The lowest BCUT2D eigenvalue weighted by molar-refractivity contribution is 0.331. The van der Waals surface area contributed by atoms with E-state index in [4.69, 9.17) is 0 Å². The molecule has 1 spiro atoms. The number of anilines is 3. The second kappa shape index (κ2) is 14.5. The Hall–Kier alpha value is -5.66. The van der Waals surface area contributed by atoms with E-state index in [0.717, 1.165) is 19.3 Å². The van der Waals surface area contributed by atoms with Crippen molar-refractivity contribution in [2.75, 3.05) is 4.90 Å². The van der Waals surface area contributed by atoms with Gasteiger partial charge in [-0.15, -0.1) is 0 Å². The second-order valence-corrected chi connectivity index (χ2v) is 26.0. The van der Waals surface area contributed by atoms with Gasteiger partial charge in [0.1, 0.15) is 0 Å². The monoisotopic (exact) mass is 904 g/mol. The predicted molar refractivity (Wildman–Crippen MR) is 293 cm³/mol. The number of hydrogen-bond donors (Lipinski definition) is 0. The molecule has 0 saturated heterocycles. The number of fused-ring (bicyclic) bond motifs is 13. The van der Waals surface area contributed by atoms with Gasteiger partial charge in [0, 0.05) is 5.56 Å². The molecule has 5 aliphatic rings. The highest BCUT2D eigenvalue weighted by molar-refractivity contribution is 6.02. The first-order valence-corrected chi connectivity index (χ1v) is 26.3. The van der Waals surface area contributed by atoms with Crippen molar-refractivity contribution < 1.29 is 0 Å². The third kappa shape index (κ3) is 6.07. The van der Waals surface area contributed by atoms with E-state index in [2.05, 4.69) is 228 Å². The van der Waals surface area contributed by atoms with Gasteiger partial charge in [0.25, 0.3) is 0 Å². The third-order valence-electron chi connectivity index (χ3n) is 18.9. The largest absolute Gasteiger partial charge is 0.309 e. The summed E-state index contributed by atoms with van der Waals surface area (Å²) in [6.07, 6.45) is 6.94. The van der Waals surface area contributed by atoms with Gasteiger partial charge in [-0.2, -0.15) is 0 Å². The topological polar surface area (TPSA) is 3.24 Å². The lowest BCUT2D eigenvalue weighted by atomic mass is 9.60. The zero-order valence-electron chi connectivity index (χ0n) is 43.9. The molecule has 0 radical (unpaired) electrons. The molecule has 5 aliphatic carbocycles. The summed E-state index contributed by atoms with van der Waals surface area (Å²) in [6.45, 7) is 32.5. The normalized spacial score (nSPS) is 20.4. The summed E-state index contributed by atoms with van der Waals surface area (Å²) in [5.41, 5.74) is 27.6. The van der Waals surface area contributed by atoms with Crippen LogP contribution < -0.4 is 4.90 Å². The van der Waals surface area contributed by atoms with Crippen LogP contribution in [0, 0.1) is 6.92 Å². The highest BCUT2D eigenvalue weighted by atomic mass is 15.2. The Labute approximate surface area is 414 Å². The van der Waals surface area contributed by atoms with Crippen LogP contribution in [-0.4, -0.2) is 0 Å². The van der Waals surface area contributed by atoms with E-state index in [9.17, 15) is 0 Å².